The van der Waals surface area contributed by atoms with Crippen molar-refractivity contribution in [3.8, 4) is 0 Å². The summed E-state index contributed by atoms with van der Waals surface area (Å²) in [6, 6.07) is 0. The molecule has 0 aliphatic carbocycles. The molecule has 0 aromatic rings. The second-order valence-corrected chi connectivity index (χ2v) is 0.492. The Morgan fingerprint density at radius 3 is 1.67 bits per heavy atom. The van der Waals surface area contributed by atoms with Crippen LogP contribution in [0.25, 0.3) is 0 Å². The molecule has 37 valence electrons. The van der Waals surface area contributed by atoms with Gasteiger partial charge in [-0.15, -0.1) is 0 Å². The lowest BCUT2D eigenvalue weighted by atomic mass is 10.9. The van der Waals surface area contributed by atoms with Crippen LogP contribution in [0, 0.1) is 0 Å². The van der Waals surface area contributed by atoms with Crippen molar-refractivity contribution >= 4 is 26.6 Å². The number of carbonyl (C=O) groups is 1. The van der Waals surface area contributed by atoms with Crippen molar-refractivity contribution < 1.29 is 9.90 Å². The number of halogens is 1. The van der Waals surface area contributed by atoms with Gasteiger partial charge in [0.25, 0.3) is 0 Å². The Kier molecular flexibility index (Phi) is 13.9. The molecule has 0 saturated carbocycles. The molecule has 0 amide bonds. The van der Waals surface area contributed by atoms with E-state index in [1.54, 1.807) is 0 Å². The van der Waals surface area contributed by atoms with E-state index < -0.39 is 5.97 Å². The first-order chi connectivity index (χ1) is 2.73. The molecule has 0 aromatic heterocycles. The SMILES string of the molecule is CC([O])=O.[SiH3]Cl. The van der Waals surface area contributed by atoms with E-state index in [0.29, 0.717) is 0 Å². The Morgan fingerprint density at radius 2 is 1.67 bits per heavy atom. The lowest BCUT2D eigenvalue weighted by Crippen LogP contribution is -1.74. The summed E-state index contributed by atoms with van der Waals surface area (Å²) in [6.45, 7) is 0.972. The van der Waals surface area contributed by atoms with Gasteiger partial charge in [0.1, 0.15) is 9.55 Å². The predicted octanol–water partition coefficient (Wildman–Crippen LogP) is -0.531. The third-order valence-electron chi connectivity index (χ3n) is 0. The van der Waals surface area contributed by atoms with Crippen molar-refractivity contribution in [3.63, 3.8) is 0 Å². The van der Waals surface area contributed by atoms with E-state index in [2.05, 4.69) is 0 Å². The molecule has 6 heavy (non-hydrogen) atoms. The van der Waals surface area contributed by atoms with E-state index in [0.717, 1.165) is 16.5 Å². The third-order valence-corrected chi connectivity index (χ3v) is 0. The quantitative estimate of drug-likeness (QED) is 0.317. The van der Waals surface area contributed by atoms with Crippen LogP contribution in [0.3, 0.4) is 0 Å². The van der Waals surface area contributed by atoms with Gasteiger partial charge in [-0.3, -0.25) is 0 Å². The Balaban J connectivity index is 0. The van der Waals surface area contributed by atoms with Crippen molar-refractivity contribution in [3.05, 3.63) is 0 Å². The minimum absolute atomic E-state index is 0.778. The minimum atomic E-state index is -1.08. The summed E-state index contributed by atoms with van der Waals surface area (Å²) in [7, 11) is 0.778. The molecule has 0 spiro atoms. The summed E-state index contributed by atoms with van der Waals surface area (Å²) < 4.78 is 0. The van der Waals surface area contributed by atoms with Gasteiger partial charge >= 0.3 is 5.97 Å². The Labute approximate surface area is 44.2 Å². The number of rotatable bonds is 0. The molecule has 0 aliphatic rings. The van der Waals surface area contributed by atoms with Crippen molar-refractivity contribution in [2.75, 3.05) is 0 Å². The fourth-order valence-corrected chi connectivity index (χ4v) is 0. The van der Waals surface area contributed by atoms with E-state index in [9.17, 15) is 0 Å². The third kappa shape index (κ3) is 65900. The van der Waals surface area contributed by atoms with Crippen LogP contribution in [0.15, 0.2) is 0 Å². The van der Waals surface area contributed by atoms with E-state index in [-0.39, 0.29) is 0 Å². The molecule has 0 aromatic carbocycles. The van der Waals surface area contributed by atoms with Gasteiger partial charge in [-0.25, -0.2) is 9.90 Å². The topological polar surface area (TPSA) is 37.0 Å². The van der Waals surface area contributed by atoms with Gasteiger partial charge in [0.15, 0.2) is 0 Å². The Hall–Kier alpha value is -0.0231. The Bertz CT molecular complexity index is 34.5. The first-order valence-electron chi connectivity index (χ1n) is 1.29. The summed E-state index contributed by atoms with van der Waals surface area (Å²) in [5.41, 5.74) is 0. The maximum Gasteiger partial charge on any atom is 0.352 e. The van der Waals surface area contributed by atoms with E-state index in [1.165, 1.54) is 0 Å². The lowest BCUT2D eigenvalue weighted by Gasteiger charge is -1.50. The van der Waals surface area contributed by atoms with Crippen molar-refractivity contribution in [1.29, 1.82) is 0 Å². The maximum atomic E-state index is 8.89. The molecule has 0 unspecified atom stereocenters. The molecule has 0 rings (SSSR count). The van der Waals surface area contributed by atoms with Crippen LogP contribution in [0.5, 0.6) is 0 Å². The van der Waals surface area contributed by atoms with Gasteiger partial charge in [-0.05, 0) is 0 Å². The van der Waals surface area contributed by atoms with Crippen LogP contribution in [-0.2, 0) is 9.90 Å². The molecular weight excluding hydrogens is 120 g/mol. The van der Waals surface area contributed by atoms with Crippen LogP contribution in [0.4, 0.5) is 0 Å². The summed E-state index contributed by atoms with van der Waals surface area (Å²) in [5, 5.41) is 8.89. The first-order valence-corrected chi connectivity index (χ1v) is 4.31. The highest BCUT2D eigenvalue weighted by atomic mass is 35.6. The molecule has 0 aliphatic heterocycles. The van der Waals surface area contributed by atoms with E-state index >= 15 is 0 Å². The van der Waals surface area contributed by atoms with Crippen molar-refractivity contribution in [2.24, 2.45) is 0 Å². The smallest absolute Gasteiger partial charge is 0.248 e. The molecule has 0 N–H and O–H groups in total. The largest absolute Gasteiger partial charge is 0.352 e. The molecule has 0 heterocycles. The van der Waals surface area contributed by atoms with Gasteiger partial charge in [-0.2, -0.15) is 11.1 Å². The van der Waals surface area contributed by atoms with Crippen LogP contribution in [0.2, 0.25) is 0 Å². The molecule has 0 saturated heterocycles. The van der Waals surface area contributed by atoms with E-state index in [1.807, 2.05) is 0 Å². The highest BCUT2D eigenvalue weighted by Crippen LogP contribution is 1.45. The molecule has 0 bridgehead atoms. The zero-order valence-corrected chi connectivity index (χ0v) is 6.45. The fourth-order valence-electron chi connectivity index (χ4n) is 0. The van der Waals surface area contributed by atoms with Crippen LogP contribution in [-0.4, -0.2) is 15.5 Å². The highest BCUT2D eigenvalue weighted by Gasteiger charge is 1.71. The van der Waals surface area contributed by atoms with Gasteiger partial charge in [0.05, 0.1) is 0 Å². The number of carbonyl (C=O) groups excluding carboxylic acids is 1. The van der Waals surface area contributed by atoms with Crippen LogP contribution in [0.1, 0.15) is 6.92 Å². The second kappa shape index (κ2) is 8.88. The molecule has 0 atom stereocenters. The predicted molar refractivity (Wildman–Crippen MR) is 27.2 cm³/mol. The summed E-state index contributed by atoms with van der Waals surface area (Å²) >= 11 is 4.78. The maximum absolute atomic E-state index is 8.89. The van der Waals surface area contributed by atoms with Gasteiger partial charge < -0.3 is 0 Å². The lowest BCUT2D eigenvalue weighted by molar-refractivity contribution is -0.140. The minimum Gasteiger partial charge on any atom is -0.248 e. The molecular formula is C2H6ClO2Si. The second-order valence-electron chi connectivity index (χ2n) is 0.492. The number of hydrogen-bond acceptors (Lipinski definition) is 1. The Morgan fingerprint density at radius 1 is 1.67 bits per heavy atom. The van der Waals surface area contributed by atoms with Gasteiger partial charge in [0.2, 0.25) is 0 Å². The molecule has 2 nitrogen and oxygen atoms in total. The summed E-state index contributed by atoms with van der Waals surface area (Å²) in [6.07, 6.45) is 0. The van der Waals surface area contributed by atoms with Gasteiger partial charge in [0, 0.05) is 6.92 Å². The highest BCUT2D eigenvalue weighted by molar-refractivity contribution is 6.80. The fraction of sp³-hybridized carbons (Fsp3) is 0.500. The van der Waals surface area contributed by atoms with Gasteiger partial charge in [-0.1, -0.05) is 0 Å². The summed E-state index contributed by atoms with van der Waals surface area (Å²) in [5.74, 6) is -1.08. The number of hydrogen-bond donors (Lipinski definition) is 0. The normalized spacial score (nSPS) is 5.67. The average molecular weight is 126 g/mol. The monoisotopic (exact) mass is 125 g/mol. The standard InChI is InChI=1S/C2H3O2.ClH3Si/c1-2(3)4;1-2/h1H3;2H3. The molecule has 1 radical (unpaired) electrons. The van der Waals surface area contributed by atoms with Crippen LogP contribution < -0.4 is 0 Å². The van der Waals surface area contributed by atoms with Crippen molar-refractivity contribution in [2.45, 2.75) is 6.92 Å². The summed E-state index contributed by atoms with van der Waals surface area (Å²) in [4.78, 5) is 8.89. The average Bonchev–Trinajstić information content (AvgIpc) is 1.41. The van der Waals surface area contributed by atoms with Crippen LogP contribution >= 0.6 is 11.1 Å². The zero-order valence-electron chi connectivity index (χ0n) is 3.69. The molecule has 0 fully saturated rings. The first kappa shape index (κ1) is 9.36. The molecule has 4 heteroatoms. The van der Waals surface area contributed by atoms with E-state index in [4.69, 9.17) is 21.0 Å². The van der Waals surface area contributed by atoms with Crippen molar-refractivity contribution in [1.82, 2.24) is 0 Å². The zero-order chi connectivity index (χ0) is 5.58.